The van der Waals surface area contributed by atoms with Crippen molar-refractivity contribution in [2.24, 2.45) is 0 Å². The summed E-state index contributed by atoms with van der Waals surface area (Å²) in [7, 11) is 1.52. The molecule has 1 unspecified atom stereocenters. The highest BCUT2D eigenvalue weighted by molar-refractivity contribution is 9.11. The number of nitrogens with zero attached hydrogens (tertiary/aromatic N) is 1. The van der Waals surface area contributed by atoms with Crippen LogP contribution in [0.3, 0.4) is 0 Å². The van der Waals surface area contributed by atoms with Crippen molar-refractivity contribution < 1.29 is 14.7 Å². The largest absolute Gasteiger partial charge is 0.480 e. The Balaban J connectivity index is 2.91. The van der Waals surface area contributed by atoms with Gasteiger partial charge in [0, 0.05) is 11.9 Å². The molecule has 0 fully saturated rings. The zero-order chi connectivity index (χ0) is 14.1. The first-order chi connectivity index (χ1) is 8.17. The van der Waals surface area contributed by atoms with Crippen molar-refractivity contribution in [1.29, 1.82) is 0 Å². The number of carboxylic acids is 1. The lowest BCUT2D eigenvalue weighted by atomic mass is 10.0. The molecule has 1 rings (SSSR count). The van der Waals surface area contributed by atoms with Gasteiger partial charge in [0.05, 0.1) is 9.70 Å². The predicted molar refractivity (Wildman–Crippen MR) is 74.9 cm³/mol. The number of likely N-dealkylation sites (N-methyl/N-ethyl adjacent to an activating group) is 1. The van der Waals surface area contributed by atoms with E-state index in [1.165, 1.54) is 37.1 Å². The average Bonchev–Trinajstić information content (AvgIpc) is 2.72. The van der Waals surface area contributed by atoms with Gasteiger partial charge in [-0.1, -0.05) is 0 Å². The molecule has 0 aliphatic carbocycles. The molecule has 1 aromatic rings. The maximum atomic E-state index is 12.3. The van der Waals surface area contributed by atoms with Gasteiger partial charge >= 0.3 is 5.97 Å². The van der Waals surface area contributed by atoms with Crippen molar-refractivity contribution in [3.05, 3.63) is 20.8 Å². The third-order valence-electron chi connectivity index (χ3n) is 3.08. The SMILES string of the molecule is CC(C(=O)N(C)C(C)(C)C(=O)O)c1ccc(Br)s1. The molecule has 0 aromatic carbocycles. The van der Waals surface area contributed by atoms with Gasteiger partial charge in [0.25, 0.3) is 0 Å². The second-order valence-electron chi connectivity index (χ2n) is 4.62. The number of thiophene rings is 1. The molecule has 0 saturated carbocycles. The first-order valence-corrected chi connectivity index (χ1v) is 7.05. The molecule has 0 saturated heterocycles. The van der Waals surface area contributed by atoms with Crippen LogP contribution in [0.25, 0.3) is 0 Å². The second kappa shape index (κ2) is 5.40. The van der Waals surface area contributed by atoms with Crippen molar-refractivity contribution in [3.63, 3.8) is 0 Å². The van der Waals surface area contributed by atoms with E-state index in [9.17, 15) is 9.59 Å². The van der Waals surface area contributed by atoms with Crippen molar-refractivity contribution in [3.8, 4) is 0 Å². The van der Waals surface area contributed by atoms with Crippen LogP contribution < -0.4 is 0 Å². The molecule has 0 bridgehead atoms. The van der Waals surface area contributed by atoms with E-state index in [-0.39, 0.29) is 11.8 Å². The third-order valence-corrected chi connectivity index (χ3v) is 4.89. The number of amides is 1. The van der Waals surface area contributed by atoms with E-state index in [2.05, 4.69) is 15.9 Å². The maximum absolute atomic E-state index is 12.3. The zero-order valence-corrected chi connectivity index (χ0v) is 13.1. The smallest absolute Gasteiger partial charge is 0.329 e. The number of carboxylic acid groups (broad SMARTS) is 1. The quantitative estimate of drug-likeness (QED) is 0.921. The molecule has 1 aromatic heterocycles. The lowest BCUT2D eigenvalue weighted by Crippen LogP contribution is -2.51. The van der Waals surface area contributed by atoms with E-state index in [1.807, 2.05) is 12.1 Å². The van der Waals surface area contributed by atoms with E-state index in [0.29, 0.717) is 0 Å². The fourth-order valence-corrected chi connectivity index (χ4v) is 2.86. The molecule has 0 radical (unpaired) electrons. The first kappa shape index (κ1) is 15.2. The number of aliphatic carboxylic acids is 1. The Hall–Kier alpha value is -0.880. The minimum Gasteiger partial charge on any atom is -0.480 e. The molecule has 0 spiro atoms. The van der Waals surface area contributed by atoms with Gasteiger partial charge in [-0.2, -0.15) is 0 Å². The van der Waals surface area contributed by atoms with Gasteiger partial charge in [-0.25, -0.2) is 4.79 Å². The van der Waals surface area contributed by atoms with E-state index < -0.39 is 11.5 Å². The molecule has 6 heteroatoms. The molecule has 0 aliphatic heterocycles. The predicted octanol–water partition coefficient (Wildman–Crippen LogP) is 2.94. The van der Waals surface area contributed by atoms with Gasteiger partial charge in [0.1, 0.15) is 5.54 Å². The van der Waals surface area contributed by atoms with Crippen LogP contribution in [0.1, 0.15) is 31.6 Å². The summed E-state index contributed by atoms with van der Waals surface area (Å²) in [6.45, 7) is 4.82. The molecule has 100 valence electrons. The fourth-order valence-electron chi connectivity index (χ4n) is 1.39. The topological polar surface area (TPSA) is 57.6 Å². The summed E-state index contributed by atoms with van der Waals surface area (Å²) in [4.78, 5) is 25.6. The van der Waals surface area contributed by atoms with Crippen molar-refractivity contribution in [2.75, 3.05) is 7.05 Å². The Bertz CT molecular complexity index is 470. The third kappa shape index (κ3) is 2.92. The molecular weight excluding hydrogens is 318 g/mol. The zero-order valence-electron chi connectivity index (χ0n) is 10.7. The number of carbonyl (C=O) groups excluding carboxylic acids is 1. The molecule has 1 amide bonds. The lowest BCUT2D eigenvalue weighted by molar-refractivity contribution is -0.155. The van der Waals surface area contributed by atoms with Crippen LogP contribution in [0.5, 0.6) is 0 Å². The van der Waals surface area contributed by atoms with Crippen molar-refractivity contribution >= 4 is 39.1 Å². The van der Waals surface area contributed by atoms with E-state index >= 15 is 0 Å². The summed E-state index contributed by atoms with van der Waals surface area (Å²) in [5.41, 5.74) is -1.21. The highest BCUT2D eigenvalue weighted by atomic mass is 79.9. The molecule has 18 heavy (non-hydrogen) atoms. The van der Waals surface area contributed by atoms with E-state index in [1.54, 1.807) is 6.92 Å². The standard InChI is InChI=1S/C12H16BrNO3S/c1-7(8-5-6-9(13)18-8)10(15)14(4)12(2,3)11(16)17/h5-7H,1-4H3,(H,16,17). The van der Waals surface area contributed by atoms with Gasteiger partial charge < -0.3 is 10.0 Å². The van der Waals surface area contributed by atoms with Crippen LogP contribution in [-0.4, -0.2) is 34.5 Å². The maximum Gasteiger partial charge on any atom is 0.329 e. The Morgan fingerprint density at radius 2 is 2.00 bits per heavy atom. The molecule has 1 N–H and O–H groups in total. The van der Waals surface area contributed by atoms with E-state index in [4.69, 9.17) is 5.11 Å². The average molecular weight is 334 g/mol. The lowest BCUT2D eigenvalue weighted by Gasteiger charge is -2.33. The first-order valence-electron chi connectivity index (χ1n) is 5.44. The summed E-state index contributed by atoms with van der Waals surface area (Å²) in [6.07, 6.45) is 0. The van der Waals surface area contributed by atoms with Crippen LogP contribution in [0.4, 0.5) is 0 Å². The summed E-state index contributed by atoms with van der Waals surface area (Å²) in [6, 6.07) is 3.76. The van der Waals surface area contributed by atoms with Gasteiger partial charge in [0.15, 0.2) is 0 Å². The van der Waals surface area contributed by atoms with E-state index in [0.717, 1.165) is 8.66 Å². The van der Waals surface area contributed by atoms with Gasteiger partial charge in [-0.05, 0) is 48.8 Å². The molecule has 4 nitrogen and oxygen atoms in total. The van der Waals surface area contributed by atoms with Gasteiger partial charge in [-0.3, -0.25) is 4.79 Å². The number of carbonyl (C=O) groups is 2. The highest BCUT2D eigenvalue weighted by Crippen LogP contribution is 2.30. The molecular formula is C12H16BrNO3S. The number of rotatable bonds is 4. The summed E-state index contributed by atoms with van der Waals surface area (Å²) in [5, 5.41) is 9.12. The normalized spacial score (nSPS) is 13.2. The highest BCUT2D eigenvalue weighted by Gasteiger charge is 2.37. The number of halogens is 1. The monoisotopic (exact) mass is 333 g/mol. The second-order valence-corrected chi connectivity index (χ2v) is 7.12. The number of hydrogen-bond acceptors (Lipinski definition) is 3. The number of hydrogen-bond donors (Lipinski definition) is 1. The summed E-state index contributed by atoms with van der Waals surface area (Å²) in [5.74, 6) is -1.56. The summed E-state index contributed by atoms with van der Waals surface area (Å²) < 4.78 is 0.956. The minimum absolute atomic E-state index is 0.197. The van der Waals surface area contributed by atoms with Gasteiger partial charge in [-0.15, -0.1) is 11.3 Å². The summed E-state index contributed by atoms with van der Waals surface area (Å²) >= 11 is 4.83. The van der Waals surface area contributed by atoms with Crippen LogP contribution >= 0.6 is 27.3 Å². The Kier molecular flexibility index (Phi) is 4.55. The molecule has 1 heterocycles. The van der Waals surface area contributed by atoms with Crippen LogP contribution in [0.2, 0.25) is 0 Å². The Morgan fingerprint density at radius 1 is 1.44 bits per heavy atom. The Labute approximate surface area is 119 Å². The Morgan fingerprint density at radius 3 is 2.39 bits per heavy atom. The molecule has 1 atom stereocenters. The van der Waals surface area contributed by atoms with Crippen LogP contribution in [-0.2, 0) is 9.59 Å². The van der Waals surface area contributed by atoms with Crippen LogP contribution in [0.15, 0.2) is 15.9 Å². The molecule has 0 aliphatic rings. The van der Waals surface area contributed by atoms with Crippen LogP contribution in [0, 0.1) is 0 Å². The minimum atomic E-state index is -1.21. The van der Waals surface area contributed by atoms with Crippen molar-refractivity contribution in [2.45, 2.75) is 32.2 Å². The van der Waals surface area contributed by atoms with Gasteiger partial charge in [0.2, 0.25) is 5.91 Å². The van der Waals surface area contributed by atoms with Crippen molar-refractivity contribution in [1.82, 2.24) is 4.90 Å². The fraction of sp³-hybridized carbons (Fsp3) is 0.500.